The molecular formula is C18H15FN2O5. The van der Waals surface area contributed by atoms with Crippen molar-refractivity contribution >= 4 is 17.6 Å². The highest BCUT2D eigenvalue weighted by Crippen LogP contribution is 2.32. The molecule has 2 aromatic carbocycles. The van der Waals surface area contributed by atoms with Crippen LogP contribution >= 0.6 is 0 Å². The van der Waals surface area contributed by atoms with Crippen LogP contribution in [0.2, 0.25) is 0 Å². The number of benzene rings is 2. The van der Waals surface area contributed by atoms with Crippen molar-refractivity contribution in [2.75, 3.05) is 6.79 Å². The van der Waals surface area contributed by atoms with Gasteiger partial charge in [-0.3, -0.25) is 25.2 Å². The van der Waals surface area contributed by atoms with Crippen molar-refractivity contribution in [3.63, 3.8) is 0 Å². The lowest BCUT2D eigenvalue weighted by molar-refractivity contribution is -0.121. The number of ether oxygens (including phenoxy) is 2. The van der Waals surface area contributed by atoms with Crippen LogP contribution in [0.1, 0.15) is 33.6 Å². The van der Waals surface area contributed by atoms with Crippen molar-refractivity contribution in [3.05, 3.63) is 59.4 Å². The molecule has 2 amide bonds. The van der Waals surface area contributed by atoms with Gasteiger partial charge in [-0.2, -0.15) is 0 Å². The minimum absolute atomic E-state index is 0.0582. The van der Waals surface area contributed by atoms with Gasteiger partial charge in [0.1, 0.15) is 5.82 Å². The standard InChI is InChI=1S/C18H15FN2O5/c19-13-4-1-11(2-5-13)14(22)6-8-17(23)20-21-18(24)12-3-7-15-16(9-12)26-10-25-15/h1-5,7,9H,6,8,10H2,(H,20,23)(H,21,24). The quantitative estimate of drug-likeness (QED) is 0.630. The lowest BCUT2D eigenvalue weighted by Gasteiger charge is -2.08. The zero-order valence-electron chi connectivity index (χ0n) is 13.6. The van der Waals surface area contributed by atoms with Crippen molar-refractivity contribution in [1.82, 2.24) is 10.9 Å². The molecule has 0 bridgehead atoms. The van der Waals surface area contributed by atoms with Gasteiger partial charge >= 0.3 is 0 Å². The smallest absolute Gasteiger partial charge is 0.269 e. The molecule has 26 heavy (non-hydrogen) atoms. The van der Waals surface area contributed by atoms with Crippen LogP contribution in [0.15, 0.2) is 42.5 Å². The van der Waals surface area contributed by atoms with E-state index in [4.69, 9.17) is 9.47 Å². The molecule has 8 heteroatoms. The van der Waals surface area contributed by atoms with Gasteiger partial charge in [0.05, 0.1) is 0 Å². The van der Waals surface area contributed by atoms with E-state index in [1.807, 2.05) is 0 Å². The minimum atomic E-state index is -0.526. The normalized spacial score (nSPS) is 11.7. The van der Waals surface area contributed by atoms with Crippen molar-refractivity contribution in [1.29, 1.82) is 0 Å². The molecule has 0 fully saturated rings. The van der Waals surface area contributed by atoms with Gasteiger partial charge < -0.3 is 9.47 Å². The van der Waals surface area contributed by atoms with Crippen molar-refractivity contribution in [2.45, 2.75) is 12.8 Å². The number of carbonyl (C=O) groups excluding carboxylic acids is 3. The summed E-state index contributed by atoms with van der Waals surface area (Å²) in [6.45, 7) is 0.0965. The van der Waals surface area contributed by atoms with E-state index < -0.39 is 17.6 Å². The zero-order chi connectivity index (χ0) is 18.5. The van der Waals surface area contributed by atoms with Gasteiger partial charge in [0, 0.05) is 24.0 Å². The second-order valence-electron chi connectivity index (χ2n) is 5.50. The largest absolute Gasteiger partial charge is 0.454 e. The number of Topliss-reactive ketones (excluding diaryl/α,β-unsaturated/α-hetero) is 1. The van der Waals surface area contributed by atoms with Gasteiger partial charge in [-0.25, -0.2) is 4.39 Å². The number of nitrogens with one attached hydrogen (secondary N) is 2. The topological polar surface area (TPSA) is 93.7 Å². The monoisotopic (exact) mass is 358 g/mol. The molecule has 1 heterocycles. The van der Waals surface area contributed by atoms with E-state index >= 15 is 0 Å². The Balaban J connectivity index is 1.45. The molecule has 134 valence electrons. The maximum Gasteiger partial charge on any atom is 0.269 e. The summed E-state index contributed by atoms with van der Waals surface area (Å²) in [5.74, 6) is -0.775. The SMILES string of the molecule is O=C(CCC(=O)c1ccc(F)cc1)NNC(=O)c1ccc2c(c1)OCO2. The van der Waals surface area contributed by atoms with Crippen LogP contribution in [-0.2, 0) is 4.79 Å². The molecule has 0 aliphatic carbocycles. The third-order valence-corrected chi connectivity index (χ3v) is 3.70. The van der Waals surface area contributed by atoms with E-state index in [-0.39, 0.29) is 31.0 Å². The molecule has 0 atom stereocenters. The molecule has 0 unspecified atom stereocenters. The maximum atomic E-state index is 12.8. The Bertz CT molecular complexity index is 851. The Labute approximate surface area is 148 Å². The first kappa shape index (κ1) is 17.4. The van der Waals surface area contributed by atoms with E-state index in [2.05, 4.69) is 10.9 Å². The van der Waals surface area contributed by atoms with Crippen LogP contribution in [-0.4, -0.2) is 24.4 Å². The first-order valence-electron chi connectivity index (χ1n) is 7.80. The molecule has 1 aliphatic rings. The molecular weight excluding hydrogens is 343 g/mol. The Morgan fingerprint density at radius 1 is 0.885 bits per heavy atom. The average Bonchev–Trinajstić information content (AvgIpc) is 3.12. The second kappa shape index (κ2) is 7.64. The van der Waals surface area contributed by atoms with Crippen LogP contribution in [0, 0.1) is 5.82 Å². The minimum Gasteiger partial charge on any atom is -0.454 e. The second-order valence-corrected chi connectivity index (χ2v) is 5.50. The van der Waals surface area contributed by atoms with E-state index in [9.17, 15) is 18.8 Å². The number of fused-ring (bicyclic) bond motifs is 1. The Kier molecular flexibility index (Phi) is 5.12. The lowest BCUT2D eigenvalue weighted by Crippen LogP contribution is -2.41. The van der Waals surface area contributed by atoms with Crippen molar-refractivity contribution in [2.24, 2.45) is 0 Å². The summed E-state index contributed by atoms with van der Waals surface area (Å²) in [4.78, 5) is 35.7. The van der Waals surface area contributed by atoms with E-state index in [1.54, 1.807) is 6.07 Å². The molecule has 2 N–H and O–H groups in total. The van der Waals surface area contributed by atoms with E-state index in [0.29, 0.717) is 17.1 Å². The number of hydrogen-bond donors (Lipinski definition) is 2. The molecule has 0 radical (unpaired) electrons. The number of hydrazine groups is 1. The molecule has 0 saturated heterocycles. The van der Waals surface area contributed by atoms with E-state index in [0.717, 1.165) is 0 Å². The lowest BCUT2D eigenvalue weighted by atomic mass is 10.1. The number of rotatable bonds is 5. The Morgan fingerprint density at radius 3 is 2.35 bits per heavy atom. The number of halogens is 1. The number of hydrogen-bond acceptors (Lipinski definition) is 5. The summed E-state index contributed by atoms with van der Waals surface area (Å²) in [6, 6.07) is 9.71. The first-order chi connectivity index (χ1) is 12.5. The summed E-state index contributed by atoms with van der Waals surface area (Å²) in [5, 5.41) is 0. The van der Waals surface area contributed by atoms with E-state index in [1.165, 1.54) is 36.4 Å². The predicted octanol–water partition coefficient (Wildman–Crippen LogP) is 1.98. The average molecular weight is 358 g/mol. The van der Waals surface area contributed by atoms with Crippen LogP contribution in [0.3, 0.4) is 0 Å². The number of carbonyl (C=O) groups is 3. The van der Waals surface area contributed by atoms with Crippen molar-refractivity contribution < 1.29 is 28.2 Å². The molecule has 0 saturated carbocycles. The zero-order valence-corrected chi connectivity index (χ0v) is 13.6. The number of amides is 2. The number of ketones is 1. The highest BCUT2D eigenvalue weighted by atomic mass is 19.1. The van der Waals surface area contributed by atoms with Gasteiger partial charge in [-0.1, -0.05) is 0 Å². The predicted molar refractivity (Wildman–Crippen MR) is 88.1 cm³/mol. The van der Waals surface area contributed by atoms with Crippen molar-refractivity contribution in [3.8, 4) is 11.5 Å². The Morgan fingerprint density at radius 2 is 1.58 bits per heavy atom. The summed E-state index contributed by atoms with van der Waals surface area (Å²) >= 11 is 0. The van der Waals surface area contributed by atoms with Crippen LogP contribution in [0.25, 0.3) is 0 Å². The van der Waals surface area contributed by atoms with Gasteiger partial charge in [0.2, 0.25) is 12.7 Å². The molecule has 0 aromatic heterocycles. The van der Waals surface area contributed by atoms with Crippen LogP contribution < -0.4 is 20.3 Å². The molecule has 0 spiro atoms. The Hall–Kier alpha value is -3.42. The van der Waals surface area contributed by atoms with Gasteiger partial charge in [0.25, 0.3) is 5.91 Å². The summed E-state index contributed by atoms with van der Waals surface area (Å²) in [6.07, 6.45) is -0.172. The summed E-state index contributed by atoms with van der Waals surface area (Å²) in [5.41, 5.74) is 5.12. The fourth-order valence-corrected chi connectivity index (χ4v) is 2.31. The van der Waals surface area contributed by atoms with Gasteiger partial charge in [-0.15, -0.1) is 0 Å². The molecule has 7 nitrogen and oxygen atoms in total. The highest BCUT2D eigenvalue weighted by molar-refractivity contribution is 5.99. The maximum absolute atomic E-state index is 12.8. The van der Waals surface area contributed by atoms with Gasteiger partial charge in [0.15, 0.2) is 17.3 Å². The fraction of sp³-hybridized carbons (Fsp3) is 0.167. The fourth-order valence-electron chi connectivity index (χ4n) is 2.31. The third kappa shape index (κ3) is 4.15. The summed E-state index contributed by atoms with van der Waals surface area (Å²) < 4.78 is 23.2. The highest BCUT2D eigenvalue weighted by Gasteiger charge is 2.16. The first-order valence-corrected chi connectivity index (χ1v) is 7.80. The van der Waals surface area contributed by atoms with Crippen LogP contribution in [0.4, 0.5) is 4.39 Å². The van der Waals surface area contributed by atoms with Crippen LogP contribution in [0.5, 0.6) is 11.5 Å². The third-order valence-electron chi connectivity index (χ3n) is 3.70. The molecule has 2 aromatic rings. The molecule has 1 aliphatic heterocycles. The molecule has 3 rings (SSSR count). The summed E-state index contributed by atoms with van der Waals surface area (Å²) in [7, 11) is 0. The van der Waals surface area contributed by atoms with Gasteiger partial charge in [-0.05, 0) is 42.5 Å².